The van der Waals surface area contributed by atoms with Crippen LogP contribution in [0.1, 0.15) is 24.5 Å². The van der Waals surface area contributed by atoms with Gasteiger partial charge in [0.1, 0.15) is 0 Å². The monoisotopic (exact) mass is 248 g/mol. The summed E-state index contributed by atoms with van der Waals surface area (Å²) in [6, 6.07) is 3.96. The largest absolute Gasteiger partial charge is 0.493 e. The first kappa shape index (κ1) is 11.0. The average molecular weight is 248 g/mol. The lowest BCUT2D eigenvalue weighted by molar-refractivity contribution is 0.417. The van der Waals surface area contributed by atoms with Gasteiger partial charge in [0, 0.05) is 18.3 Å². The molecule has 1 aliphatic rings. The quantitative estimate of drug-likeness (QED) is 0.817. The van der Waals surface area contributed by atoms with Gasteiger partial charge in [-0.05, 0) is 36.5 Å². The molecule has 1 fully saturated rings. The molecule has 0 N–H and O–H groups in total. The maximum Gasteiger partial charge on any atom is 0.179 e. The molecule has 3 heterocycles. The van der Waals surface area contributed by atoms with Gasteiger partial charge in [-0.25, -0.2) is 4.98 Å². The summed E-state index contributed by atoms with van der Waals surface area (Å²) in [4.78, 5) is 4.74. The second-order valence-corrected chi connectivity index (χ2v) is 5.58. The van der Waals surface area contributed by atoms with Gasteiger partial charge in [-0.2, -0.15) is 11.8 Å². The van der Waals surface area contributed by atoms with E-state index in [4.69, 9.17) is 9.72 Å². The molecule has 0 saturated carbocycles. The number of methoxy groups -OCH3 is 1. The van der Waals surface area contributed by atoms with Crippen LogP contribution in [0.2, 0.25) is 0 Å². The number of nitrogens with zero attached hydrogens (tertiary/aromatic N) is 2. The maximum atomic E-state index is 5.34. The Hall–Kier alpha value is -1.16. The molecule has 0 spiro atoms. The highest BCUT2D eigenvalue weighted by atomic mass is 32.2. The smallest absolute Gasteiger partial charge is 0.179 e. The van der Waals surface area contributed by atoms with Crippen LogP contribution < -0.4 is 4.74 Å². The first-order chi connectivity index (χ1) is 8.38. The van der Waals surface area contributed by atoms with Crippen molar-refractivity contribution in [2.24, 2.45) is 0 Å². The zero-order chi connectivity index (χ0) is 11.7. The highest BCUT2D eigenvalue weighted by Crippen LogP contribution is 2.32. The SMILES string of the molecule is COc1cccn2cc(C3CCSCC3)nc12. The van der Waals surface area contributed by atoms with Crippen molar-refractivity contribution in [1.29, 1.82) is 0 Å². The van der Waals surface area contributed by atoms with Gasteiger partial charge in [0.15, 0.2) is 11.4 Å². The van der Waals surface area contributed by atoms with Gasteiger partial charge < -0.3 is 9.14 Å². The van der Waals surface area contributed by atoms with Crippen molar-refractivity contribution in [1.82, 2.24) is 9.38 Å². The van der Waals surface area contributed by atoms with Crippen molar-refractivity contribution < 1.29 is 4.74 Å². The number of rotatable bonds is 2. The zero-order valence-electron chi connectivity index (χ0n) is 9.93. The summed E-state index contributed by atoms with van der Waals surface area (Å²) in [6.45, 7) is 0. The standard InChI is InChI=1S/C13H16N2OS/c1-16-12-3-2-6-15-9-11(14-13(12)15)10-4-7-17-8-5-10/h2-3,6,9-10H,4-5,7-8H2,1H3. The molecule has 3 nitrogen and oxygen atoms in total. The molecular formula is C13H16N2OS. The molecule has 17 heavy (non-hydrogen) atoms. The Bertz CT molecular complexity index is 517. The summed E-state index contributed by atoms with van der Waals surface area (Å²) >= 11 is 2.05. The molecule has 0 bridgehead atoms. The molecule has 0 atom stereocenters. The third-order valence-electron chi connectivity index (χ3n) is 3.33. The van der Waals surface area contributed by atoms with Crippen molar-refractivity contribution in [3.05, 3.63) is 30.2 Å². The number of aromatic nitrogens is 2. The number of pyridine rings is 1. The molecule has 0 amide bonds. The zero-order valence-corrected chi connectivity index (χ0v) is 10.7. The number of hydrogen-bond acceptors (Lipinski definition) is 3. The molecule has 4 heteroatoms. The molecule has 2 aromatic heterocycles. The third-order valence-corrected chi connectivity index (χ3v) is 4.37. The lowest BCUT2D eigenvalue weighted by atomic mass is 10.00. The molecule has 0 radical (unpaired) electrons. The van der Waals surface area contributed by atoms with E-state index in [1.807, 2.05) is 30.1 Å². The molecule has 1 saturated heterocycles. The normalized spacial score (nSPS) is 17.5. The second kappa shape index (κ2) is 4.61. The summed E-state index contributed by atoms with van der Waals surface area (Å²) in [7, 11) is 1.70. The summed E-state index contributed by atoms with van der Waals surface area (Å²) in [5.74, 6) is 4.00. The van der Waals surface area contributed by atoms with Crippen molar-refractivity contribution in [3.8, 4) is 5.75 Å². The van der Waals surface area contributed by atoms with Gasteiger partial charge in [-0.3, -0.25) is 0 Å². The Labute approximate surface area is 105 Å². The Balaban J connectivity index is 2.00. The van der Waals surface area contributed by atoms with Crippen LogP contribution >= 0.6 is 11.8 Å². The third kappa shape index (κ3) is 2.02. The molecule has 0 aliphatic carbocycles. The van der Waals surface area contributed by atoms with E-state index in [-0.39, 0.29) is 0 Å². The number of fused-ring (bicyclic) bond motifs is 1. The first-order valence-corrected chi connectivity index (χ1v) is 7.13. The van der Waals surface area contributed by atoms with E-state index < -0.39 is 0 Å². The van der Waals surface area contributed by atoms with Crippen LogP contribution in [-0.4, -0.2) is 28.0 Å². The molecular weight excluding hydrogens is 232 g/mol. The van der Waals surface area contributed by atoms with E-state index in [1.165, 1.54) is 30.0 Å². The highest BCUT2D eigenvalue weighted by molar-refractivity contribution is 7.99. The molecule has 2 aromatic rings. The molecule has 3 rings (SSSR count). The minimum Gasteiger partial charge on any atom is -0.493 e. The minimum atomic E-state index is 0.626. The van der Waals surface area contributed by atoms with Crippen LogP contribution in [0, 0.1) is 0 Å². The van der Waals surface area contributed by atoms with Crippen LogP contribution in [0.25, 0.3) is 5.65 Å². The average Bonchev–Trinajstić information content (AvgIpc) is 2.83. The Morgan fingerprint density at radius 3 is 3.00 bits per heavy atom. The molecule has 90 valence electrons. The van der Waals surface area contributed by atoms with E-state index in [2.05, 4.69) is 10.6 Å². The number of hydrogen-bond donors (Lipinski definition) is 0. The van der Waals surface area contributed by atoms with Crippen LogP contribution in [0.5, 0.6) is 5.75 Å². The highest BCUT2D eigenvalue weighted by Gasteiger charge is 2.19. The molecule has 0 aromatic carbocycles. The van der Waals surface area contributed by atoms with Crippen LogP contribution in [0.3, 0.4) is 0 Å². The van der Waals surface area contributed by atoms with Crippen LogP contribution in [-0.2, 0) is 0 Å². The number of ether oxygens (including phenoxy) is 1. The van der Waals surface area contributed by atoms with Gasteiger partial charge in [-0.1, -0.05) is 0 Å². The van der Waals surface area contributed by atoms with Gasteiger partial charge in [0.2, 0.25) is 0 Å². The van der Waals surface area contributed by atoms with Gasteiger partial charge >= 0.3 is 0 Å². The first-order valence-electron chi connectivity index (χ1n) is 5.98. The van der Waals surface area contributed by atoms with E-state index in [0.717, 1.165) is 11.4 Å². The minimum absolute atomic E-state index is 0.626. The van der Waals surface area contributed by atoms with E-state index >= 15 is 0 Å². The number of thioether (sulfide) groups is 1. The topological polar surface area (TPSA) is 26.5 Å². The summed E-state index contributed by atoms with van der Waals surface area (Å²) in [5.41, 5.74) is 2.15. The van der Waals surface area contributed by atoms with Gasteiger partial charge in [-0.15, -0.1) is 0 Å². The fourth-order valence-corrected chi connectivity index (χ4v) is 3.46. The molecule has 1 aliphatic heterocycles. The predicted molar refractivity (Wildman–Crippen MR) is 71.0 cm³/mol. The second-order valence-electron chi connectivity index (χ2n) is 4.36. The maximum absolute atomic E-state index is 5.34. The van der Waals surface area contributed by atoms with Crippen molar-refractivity contribution >= 4 is 17.4 Å². The van der Waals surface area contributed by atoms with Crippen molar-refractivity contribution in [2.45, 2.75) is 18.8 Å². The van der Waals surface area contributed by atoms with Crippen LogP contribution in [0.4, 0.5) is 0 Å². The van der Waals surface area contributed by atoms with Gasteiger partial charge in [0.25, 0.3) is 0 Å². The summed E-state index contributed by atoms with van der Waals surface area (Å²) in [5, 5.41) is 0. The van der Waals surface area contributed by atoms with Crippen molar-refractivity contribution in [3.63, 3.8) is 0 Å². The Kier molecular flexibility index (Phi) is 2.97. The number of imidazole rings is 1. The summed E-state index contributed by atoms with van der Waals surface area (Å²) in [6.07, 6.45) is 6.68. The predicted octanol–water partition coefficient (Wildman–Crippen LogP) is 2.95. The van der Waals surface area contributed by atoms with Gasteiger partial charge in [0.05, 0.1) is 12.8 Å². The Morgan fingerprint density at radius 2 is 2.24 bits per heavy atom. The fourth-order valence-electron chi connectivity index (χ4n) is 2.36. The van der Waals surface area contributed by atoms with Crippen molar-refractivity contribution in [2.75, 3.05) is 18.6 Å². The van der Waals surface area contributed by atoms with Crippen LogP contribution in [0.15, 0.2) is 24.5 Å². The Morgan fingerprint density at radius 1 is 1.41 bits per heavy atom. The molecule has 0 unspecified atom stereocenters. The van der Waals surface area contributed by atoms with E-state index in [9.17, 15) is 0 Å². The lowest BCUT2D eigenvalue weighted by Crippen LogP contribution is -2.07. The van der Waals surface area contributed by atoms with E-state index in [0.29, 0.717) is 5.92 Å². The van der Waals surface area contributed by atoms with E-state index in [1.54, 1.807) is 7.11 Å². The lowest BCUT2D eigenvalue weighted by Gasteiger charge is -2.18. The summed E-state index contributed by atoms with van der Waals surface area (Å²) < 4.78 is 7.41. The fraction of sp³-hybridized carbons (Fsp3) is 0.462.